The molecule has 204 valence electrons. The summed E-state index contributed by atoms with van der Waals surface area (Å²) in [5.41, 5.74) is 2.67. The predicted molar refractivity (Wildman–Crippen MR) is 150 cm³/mol. The Hall–Kier alpha value is -3.57. The Kier molecular flexibility index (Phi) is 8.27. The minimum atomic E-state index is -1.44. The van der Waals surface area contributed by atoms with Crippen molar-refractivity contribution in [2.45, 2.75) is 38.9 Å². The number of hydrogen-bond donors (Lipinski definition) is 2. The summed E-state index contributed by atoms with van der Waals surface area (Å²) in [6, 6.07) is 8.81. The molecule has 3 heterocycles. The Bertz CT molecular complexity index is 1280. The van der Waals surface area contributed by atoms with Gasteiger partial charge in [-0.2, -0.15) is 9.97 Å². The van der Waals surface area contributed by atoms with Crippen LogP contribution in [0, 0.1) is 6.92 Å². The van der Waals surface area contributed by atoms with Crippen LogP contribution in [0.25, 0.3) is 0 Å². The molecule has 1 aliphatic heterocycles. The molecule has 2 N–H and O–H groups in total. The first-order chi connectivity index (χ1) is 18.1. The van der Waals surface area contributed by atoms with E-state index >= 15 is 0 Å². The first-order valence-corrected chi connectivity index (χ1v) is 15.9. The summed E-state index contributed by atoms with van der Waals surface area (Å²) in [5.74, 6) is 1.24. The summed E-state index contributed by atoms with van der Waals surface area (Å²) >= 11 is 0. The lowest BCUT2D eigenvalue weighted by molar-refractivity contribution is 0.0990. The Morgan fingerprint density at radius 1 is 1.13 bits per heavy atom. The zero-order chi connectivity index (χ0) is 27.4. The second kappa shape index (κ2) is 11.4. The van der Waals surface area contributed by atoms with E-state index < -0.39 is 14.0 Å². The number of carbonyl (C=O) groups excluding carboxylic acids is 1. The van der Waals surface area contributed by atoms with Crippen LogP contribution >= 0.6 is 0 Å². The van der Waals surface area contributed by atoms with Gasteiger partial charge in [-0.25, -0.2) is 0 Å². The van der Waals surface area contributed by atoms with E-state index in [1.807, 2.05) is 21.0 Å². The molecule has 1 aliphatic rings. The first kappa shape index (κ1) is 27.5. The molecule has 0 spiro atoms. The summed E-state index contributed by atoms with van der Waals surface area (Å²) in [6.45, 7) is 8.39. The van der Waals surface area contributed by atoms with Gasteiger partial charge in [-0.1, -0.05) is 24.3 Å². The van der Waals surface area contributed by atoms with Gasteiger partial charge in [0.15, 0.2) is 11.4 Å². The number of carbonyl (C=O) groups is 1. The van der Waals surface area contributed by atoms with E-state index in [-0.39, 0.29) is 29.2 Å². The monoisotopic (exact) mass is 539 g/mol. The van der Waals surface area contributed by atoms with Crippen molar-refractivity contribution < 1.29 is 23.4 Å². The Morgan fingerprint density at radius 2 is 1.84 bits per heavy atom. The molecule has 0 fully saturated rings. The van der Waals surface area contributed by atoms with Crippen molar-refractivity contribution in [3.05, 3.63) is 41.2 Å². The maximum Gasteiger partial charge on any atom is 0.291 e. The van der Waals surface area contributed by atoms with Crippen molar-refractivity contribution in [3.8, 4) is 23.5 Å². The molecule has 10 nitrogen and oxygen atoms in total. The lowest BCUT2D eigenvalue weighted by Crippen LogP contribution is -2.37. The number of furan rings is 1. The number of anilines is 2. The minimum absolute atomic E-state index is 0.0727. The molecule has 0 unspecified atom stereocenters. The largest absolute Gasteiger partial charge is 0.479 e. The third kappa shape index (κ3) is 6.11. The van der Waals surface area contributed by atoms with E-state index in [1.165, 1.54) is 31.0 Å². The second-order valence-electron chi connectivity index (χ2n) is 10.4. The molecule has 4 rings (SSSR count). The molecule has 0 saturated carbocycles. The molecule has 11 heteroatoms. The van der Waals surface area contributed by atoms with Gasteiger partial charge in [0, 0.05) is 12.6 Å². The van der Waals surface area contributed by atoms with Gasteiger partial charge >= 0.3 is 0 Å². The van der Waals surface area contributed by atoms with Gasteiger partial charge in [0.1, 0.15) is 5.75 Å². The normalized spacial score (nSPS) is 13.8. The van der Waals surface area contributed by atoms with Crippen molar-refractivity contribution in [1.82, 2.24) is 14.9 Å². The quantitative estimate of drug-likeness (QED) is 0.272. The van der Waals surface area contributed by atoms with E-state index in [2.05, 4.69) is 50.7 Å². The molecule has 0 saturated heterocycles. The standard InChI is InChI=1S/C27H37N5O5Si/c1-17-15-18-11-14-38(6,7)21(18)16-20(17)37-22-10-9-19(36-22)24(33)29-23-25(34-4)30-27(31-26(23)35-5)28-12-8-13-32(2)3/h9-10,15-16H,8,11-14H2,1-7H3,(H,29,33)(H,28,30,31). The Balaban J connectivity index is 1.47. The van der Waals surface area contributed by atoms with Crippen molar-refractivity contribution in [2.75, 3.05) is 52.0 Å². The number of amides is 1. The highest BCUT2D eigenvalue weighted by molar-refractivity contribution is 6.91. The average Bonchev–Trinajstić information content (AvgIpc) is 3.46. The maximum absolute atomic E-state index is 13.0. The highest BCUT2D eigenvalue weighted by Gasteiger charge is 2.32. The molecule has 2 aromatic heterocycles. The smallest absolute Gasteiger partial charge is 0.291 e. The third-order valence-corrected chi connectivity index (χ3v) is 10.1. The fraction of sp³-hybridized carbons (Fsp3) is 0.444. The van der Waals surface area contributed by atoms with Crippen LogP contribution in [0.5, 0.6) is 23.5 Å². The zero-order valence-electron chi connectivity index (χ0n) is 23.2. The number of nitrogens with one attached hydrogen (secondary N) is 2. The highest BCUT2D eigenvalue weighted by atomic mass is 28.3. The van der Waals surface area contributed by atoms with Crippen molar-refractivity contribution in [2.24, 2.45) is 0 Å². The molecular weight excluding hydrogens is 502 g/mol. The van der Waals surface area contributed by atoms with Crippen molar-refractivity contribution in [3.63, 3.8) is 0 Å². The van der Waals surface area contributed by atoms with E-state index in [9.17, 15) is 4.79 Å². The number of nitrogens with zero attached hydrogens (tertiary/aromatic N) is 3. The number of aryl methyl sites for hydroxylation is 2. The number of ether oxygens (including phenoxy) is 3. The third-order valence-electron chi connectivity index (χ3n) is 6.70. The predicted octanol–water partition coefficient (Wildman–Crippen LogP) is 4.27. The summed E-state index contributed by atoms with van der Waals surface area (Å²) in [4.78, 5) is 23.9. The van der Waals surface area contributed by atoms with Gasteiger partial charge in [0.05, 0.1) is 22.3 Å². The van der Waals surface area contributed by atoms with Crippen LogP contribution in [-0.2, 0) is 6.42 Å². The average molecular weight is 540 g/mol. The van der Waals surface area contributed by atoms with Crippen LogP contribution in [0.4, 0.5) is 11.6 Å². The van der Waals surface area contributed by atoms with Crippen molar-refractivity contribution >= 4 is 30.8 Å². The Labute approximate surface area is 224 Å². The van der Waals surface area contributed by atoms with E-state index in [4.69, 9.17) is 18.6 Å². The van der Waals surface area contributed by atoms with E-state index in [0.717, 1.165) is 30.7 Å². The van der Waals surface area contributed by atoms with Crippen LogP contribution in [0.2, 0.25) is 19.1 Å². The van der Waals surface area contributed by atoms with E-state index in [1.54, 1.807) is 12.1 Å². The summed E-state index contributed by atoms with van der Waals surface area (Å²) in [7, 11) is 5.53. The van der Waals surface area contributed by atoms with Crippen LogP contribution in [0.3, 0.4) is 0 Å². The fourth-order valence-corrected chi connectivity index (χ4v) is 7.31. The summed E-state index contributed by atoms with van der Waals surface area (Å²) in [6.07, 6.45) is 2.04. The van der Waals surface area contributed by atoms with Gasteiger partial charge in [-0.15, -0.1) is 0 Å². The van der Waals surface area contributed by atoms with Crippen LogP contribution in [0.1, 0.15) is 28.1 Å². The minimum Gasteiger partial charge on any atom is -0.479 e. The number of rotatable bonds is 11. The first-order valence-electron chi connectivity index (χ1n) is 12.7. The summed E-state index contributed by atoms with van der Waals surface area (Å²) in [5, 5.41) is 7.34. The second-order valence-corrected chi connectivity index (χ2v) is 15.2. The Morgan fingerprint density at radius 3 is 2.50 bits per heavy atom. The molecule has 0 bridgehead atoms. The number of hydrogen-bond acceptors (Lipinski definition) is 9. The molecular formula is C27H37N5O5Si. The van der Waals surface area contributed by atoms with Gasteiger partial charge in [0.25, 0.3) is 11.9 Å². The van der Waals surface area contributed by atoms with E-state index in [0.29, 0.717) is 12.5 Å². The summed E-state index contributed by atoms with van der Waals surface area (Å²) < 4.78 is 22.6. The molecule has 38 heavy (non-hydrogen) atoms. The number of aromatic nitrogens is 2. The van der Waals surface area contributed by atoms with Gasteiger partial charge in [-0.3, -0.25) is 4.79 Å². The van der Waals surface area contributed by atoms with Gasteiger partial charge < -0.3 is 34.2 Å². The molecule has 3 aromatic rings. The number of methoxy groups -OCH3 is 2. The lowest BCUT2D eigenvalue weighted by Gasteiger charge is -2.18. The number of benzene rings is 1. The molecule has 0 aliphatic carbocycles. The molecule has 1 aromatic carbocycles. The topological polar surface area (TPSA) is 111 Å². The molecule has 1 amide bonds. The zero-order valence-corrected chi connectivity index (χ0v) is 24.2. The lowest BCUT2D eigenvalue weighted by atomic mass is 10.1. The molecule has 0 atom stereocenters. The van der Waals surface area contributed by atoms with Gasteiger partial charge in [0.2, 0.25) is 17.7 Å². The maximum atomic E-state index is 13.0. The molecule has 0 radical (unpaired) electrons. The van der Waals surface area contributed by atoms with Crippen LogP contribution in [0.15, 0.2) is 28.7 Å². The van der Waals surface area contributed by atoms with Gasteiger partial charge in [-0.05, 0) is 69.7 Å². The number of fused-ring (bicyclic) bond motifs is 1. The fourth-order valence-electron chi connectivity index (χ4n) is 4.55. The van der Waals surface area contributed by atoms with Crippen molar-refractivity contribution in [1.29, 1.82) is 0 Å². The van der Waals surface area contributed by atoms with Crippen LogP contribution in [-0.4, -0.2) is 70.3 Å². The highest BCUT2D eigenvalue weighted by Crippen LogP contribution is 2.34. The SMILES string of the molecule is COc1nc(NCCCN(C)C)nc(OC)c1NC(=O)c1ccc(Oc2cc3c(cc2C)CC[Si]3(C)C)o1. The van der Waals surface area contributed by atoms with Crippen LogP contribution < -0.4 is 30.0 Å².